The molecule has 1 aliphatic heterocycles. The van der Waals surface area contributed by atoms with Crippen LogP contribution in [0, 0.1) is 0 Å². The van der Waals surface area contributed by atoms with Gasteiger partial charge in [0, 0.05) is 49.8 Å². The highest BCUT2D eigenvalue weighted by Crippen LogP contribution is 2.20. The Morgan fingerprint density at radius 3 is 2.19 bits per heavy atom. The van der Waals surface area contributed by atoms with Gasteiger partial charge in [0.1, 0.15) is 5.75 Å². The van der Waals surface area contributed by atoms with E-state index in [2.05, 4.69) is 9.88 Å². The number of carbonyl (C=O) groups is 1. The van der Waals surface area contributed by atoms with Crippen molar-refractivity contribution in [3.63, 3.8) is 0 Å². The molecule has 5 nitrogen and oxygen atoms in total. The molecule has 1 fully saturated rings. The molecule has 1 saturated heterocycles. The average Bonchev–Trinajstić information content (AvgIpc) is 2.56. The summed E-state index contributed by atoms with van der Waals surface area (Å²) in [5, 5.41) is 9.32. The van der Waals surface area contributed by atoms with Gasteiger partial charge in [0.05, 0.1) is 0 Å². The number of nitrogens with zero attached hydrogens (tertiary/aromatic N) is 3. The van der Waals surface area contributed by atoms with Gasteiger partial charge in [-0.3, -0.25) is 9.78 Å². The number of amides is 1. The van der Waals surface area contributed by atoms with Gasteiger partial charge in [-0.2, -0.15) is 0 Å². The predicted molar refractivity (Wildman–Crippen MR) is 80.5 cm³/mol. The van der Waals surface area contributed by atoms with E-state index in [4.69, 9.17) is 0 Å². The molecule has 21 heavy (non-hydrogen) atoms. The molecule has 3 rings (SSSR count). The summed E-state index contributed by atoms with van der Waals surface area (Å²) in [6.45, 7) is 2.98. The maximum atomic E-state index is 12.3. The second-order valence-corrected chi connectivity index (χ2v) is 5.03. The van der Waals surface area contributed by atoms with Gasteiger partial charge in [-0.1, -0.05) is 0 Å². The van der Waals surface area contributed by atoms with Crippen LogP contribution in [0.4, 0.5) is 5.69 Å². The van der Waals surface area contributed by atoms with E-state index in [9.17, 15) is 9.90 Å². The third kappa shape index (κ3) is 2.97. The largest absolute Gasteiger partial charge is 0.508 e. The van der Waals surface area contributed by atoms with E-state index in [1.165, 1.54) is 0 Å². The van der Waals surface area contributed by atoms with Crippen LogP contribution in [0.3, 0.4) is 0 Å². The Balaban J connectivity index is 1.63. The fourth-order valence-corrected chi connectivity index (χ4v) is 2.51. The molecule has 1 aromatic carbocycles. The van der Waals surface area contributed by atoms with E-state index in [1.54, 1.807) is 36.7 Å². The Morgan fingerprint density at radius 1 is 0.952 bits per heavy atom. The lowest BCUT2D eigenvalue weighted by Crippen LogP contribution is -2.48. The first-order valence-corrected chi connectivity index (χ1v) is 6.97. The Labute approximate surface area is 123 Å². The summed E-state index contributed by atoms with van der Waals surface area (Å²) in [4.78, 5) is 20.4. The van der Waals surface area contributed by atoms with Gasteiger partial charge < -0.3 is 14.9 Å². The molecule has 1 aliphatic rings. The third-order valence-corrected chi connectivity index (χ3v) is 3.71. The molecule has 1 N–H and O–H groups in total. The quantitative estimate of drug-likeness (QED) is 0.912. The minimum Gasteiger partial charge on any atom is -0.508 e. The van der Waals surface area contributed by atoms with Crippen molar-refractivity contribution in [2.24, 2.45) is 0 Å². The first-order valence-electron chi connectivity index (χ1n) is 6.97. The molecule has 0 bridgehead atoms. The fourth-order valence-electron chi connectivity index (χ4n) is 2.51. The van der Waals surface area contributed by atoms with Crippen LogP contribution in [0.15, 0.2) is 48.8 Å². The van der Waals surface area contributed by atoms with Gasteiger partial charge >= 0.3 is 0 Å². The van der Waals surface area contributed by atoms with Gasteiger partial charge in [-0.25, -0.2) is 0 Å². The number of phenols is 1. The van der Waals surface area contributed by atoms with Crippen LogP contribution >= 0.6 is 0 Å². The summed E-state index contributed by atoms with van der Waals surface area (Å²) < 4.78 is 0. The fraction of sp³-hybridized carbons (Fsp3) is 0.250. The smallest absolute Gasteiger partial charge is 0.254 e. The number of phenolic OH excluding ortho intramolecular Hbond substituents is 1. The predicted octanol–water partition coefficient (Wildman–Crippen LogP) is 1.75. The van der Waals surface area contributed by atoms with Crippen molar-refractivity contribution in [1.29, 1.82) is 0 Å². The average molecular weight is 283 g/mol. The molecule has 108 valence electrons. The van der Waals surface area contributed by atoms with Crippen molar-refractivity contribution in [1.82, 2.24) is 9.88 Å². The third-order valence-electron chi connectivity index (χ3n) is 3.71. The lowest BCUT2D eigenvalue weighted by molar-refractivity contribution is 0.0746. The van der Waals surface area contributed by atoms with Crippen molar-refractivity contribution in [3.05, 3.63) is 54.4 Å². The lowest BCUT2D eigenvalue weighted by Gasteiger charge is -2.36. The van der Waals surface area contributed by atoms with Crippen LogP contribution in [0.2, 0.25) is 0 Å². The van der Waals surface area contributed by atoms with Crippen LogP contribution in [-0.4, -0.2) is 47.1 Å². The standard InChI is InChI=1S/C16H17N3O2/c20-15-3-1-14(2-4-15)18-9-11-19(12-10-18)16(21)13-5-7-17-8-6-13/h1-8,20H,9-12H2. The van der Waals surface area contributed by atoms with Gasteiger partial charge in [0.15, 0.2) is 0 Å². The number of anilines is 1. The van der Waals surface area contributed by atoms with Crippen LogP contribution in [0.1, 0.15) is 10.4 Å². The molecule has 0 atom stereocenters. The summed E-state index contributed by atoms with van der Waals surface area (Å²) in [5.74, 6) is 0.327. The zero-order chi connectivity index (χ0) is 14.7. The summed E-state index contributed by atoms with van der Waals surface area (Å²) in [6, 6.07) is 10.7. The molecular weight excluding hydrogens is 266 g/mol. The molecule has 0 spiro atoms. The molecule has 0 radical (unpaired) electrons. The monoisotopic (exact) mass is 283 g/mol. The number of rotatable bonds is 2. The molecular formula is C16H17N3O2. The van der Waals surface area contributed by atoms with Crippen LogP contribution < -0.4 is 4.90 Å². The SMILES string of the molecule is O=C(c1ccncc1)N1CCN(c2ccc(O)cc2)CC1. The highest BCUT2D eigenvalue weighted by atomic mass is 16.3. The minimum absolute atomic E-state index is 0.0581. The number of hydrogen-bond acceptors (Lipinski definition) is 4. The van der Waals surface area contributed by atoms with E-state index < -0.39 is 0 Å². The highest BCUT2D eigenvalue weighted by Gasteiger charge is 2.22. The van der Waals surface area contributed by atoms with Gasteiger partial charge in [0.25, 0.3) is 5.91 Å². The first-order chi connectivity index (χ1) is 10.2. The molecule has 1 aromatic heterocycles. The molecule has 2 heterocycles. The molecule has 0 saturated carbocycles. The summed E-state index contributed by atoms with van der Waals surface area (Å²) in [7, 11) is 0. The van der Waals surface area contributed by atoms with E-state index in [1.807, 2.05) is 17.0 Å². The lowest BCUT2D eigenvalue weighted by atomic mass is 10.2. The van der Waals surface area contributed by atoms with Crippen molar-refractivity contribution < 1.29 is 9.90 Å². The van der Waals surface area contributed by atoms with E-state index in [0.29, 0.717) is 18.7 Å². The summed E-state index contributed by atoms with van der Waals surface area (Å²) >= 11 is 0. The topological polar surface area (TPSA) is 56.7 Å². The molecule has 0 aliphatic carbocycles. The van der Waals surface area contributed by atoms with E-state index >= 15 is 0 Å². The van der Waals surface area contributed by atoms with Crippen LogP contribution in [0.5, 0.6) is 5.75 Å². The van der Waals surface area contributed by atoms with Crippen molar-refractivity contribution in [3.8, 4) is 5.75 Å². The molecule has 2 aromatic rings. The van der Waals surface area contributed by atoms with Crippen molar-refractivity contribution in [2.45, 2.75) is 0 Å². The maximum Gasteiger partial charge on any atom is 0.254 e. The van der Waals surface area contributed by atoms with Crippen molar-refractivity contribution >= 4 is 11.6 Å². The Kier molecular flexibility index (Phi) is 3.73. The maximum absolute atomic E-state index is 12.3. The Morgan fingerprint density at radius 2 is 1.57 bits per heavy atom. The van der Waals surface area contributed by atoms with Gasteiger partial charge in [-0.15, -0.1) is 0 Å². The number of benzene rings is 1. The minimum atomic E-state index is 0.0581. The number of aromatic nitrogens is 1. The summed E-state index contributed by atoms with van der Waals surface area (Å²) in [5.41, 5.74) is 1.76. The zero-order valence-corrected chi connectivity index (χ0v) is 11.6. The van der Waals surface area contributed by atoms with Gasteiger partial charge in [-0.05, 0) is 36.4 Å². The number of pyridine rings is 1. The highest BCUT2D eigenvalue weighted by molar-refractivity contribution is 5.94. The number of piperazine rings is 1. The Hall–Kier alpha value is -2.56. The van der Waals surface area contributed by atoms with E-state index in [0.717, 1.165) is 18.8 Å². The molecule has 0 unspecified atom stereocenters. The van der Waals surface area contributed by atoms with Crippen LogP contribution in [-0.2, 0) is 0 Å². The number of carbonyl (C=O) groups excluding carboxylic acids is 1. The Bertz CT molecular complexity index is 605. The molecule has 5 heteroatoms. The van der Waals surface area contributed by atoms with Crippen LogP contribution in [0.25, 0.3) is 0 Å². The number of aromatic hydroxyl groups is 1. The zero-order valence-electron chi connectivity index (χ0n) is 11.6. The van der Waals surface area contributed by atoms with Crippen molar-refractivity contribution in [2.75, 3.05) is 31.1 Å². The van der Waals surface area contributed by atoms with Gasteiger partial charge in [0.2, 0.25) is 0 Å². The first kappa shape index (κ1) is 13.4. The van der Waals surface area contributed by atoms with E-state index in [-0.39, 0.29) is 11.7 Å². The number of hydrogen-bond donors (Lipinski definition) is 1. The second-order valence-electron chi connectivity index (χ2n) is 5.03. The summed E-state index contributed by atoms with van der Waals surface area (Å²) in [6.07, 6.45) is 3.28. The molecule has 1 amide bonds. The normalized spacial score (nSPS) is 15.0. The second kappa shape index (κ2) is 5.83.